The molecule has 6 heteroatoms. The van der Waals surface area contributed by atoms with E-state index in [0.29, 0.717) is 12.6 Å². The lowest BCUT2D eigenvalue weighted by atomic mass is 10.2. The van der Waals surface area contributed by atoms with E-state index in [1.165, 1.54) is 0 Å². The van der Waals surface area contributed by atoms with Crippen molar-refractivity contribution < 1.29 is 0 Å². The van der Waals surface area contributed by atoms with Crippen LogP contribution in [0.2, 0.25) is 0 Å². The number of aryl methyl sites for hydroxylation is 2. The minimum atomic E-state index is 0.448. The lowest BCUT2D eigenvalue weighted by molar-refractivity contribution is 0.633. The number of hydrogen-bond donors (Lipinski definition) is 2. The van der Waals surface area contributed by atoms with Gasteiger partial charge in [-0.1, -0.05) is 18.2 Å². The van der Waals surface area contributed by atoms with Gasteiger partial charge in [0.05, 0.1) is 12.2 Å². The first-order valence-electron chi connectivity index (χ1n) is 8.84. The van der Waals surface area contributed by atoms with Crippen LogP contribution >= 0.6 is 0 Å². The molecule has 6 nitrogen and oxygen atoms in total. The maximum absolute atomic E-state index is 4.68. The third-order valence-electron chi connectivity index (χ3n) is 4.15. The number of nitrogens with zero attached hydrogens (tertiary/aromatic N) is 4. The first-order chi connectivity index (χ1) is 12.2. The van der Waals surface area contributed by atoms with E-state index in [1.54, 1.807) is 0 Å². The Morgan fingerprint density at radius 1 is 1.28 bits per heavy atom. The molecule has 3 rings (SSSR count). The van der Waals surface area contributed by atoms with Gasteiger partial charge in [-0.15, -0.1) is 0 Å². The fraction of sp³-hybridized carbons (Fsp3) is 0.421. The molecule has 0 fully saturated rings. The summed E-state index contributed by atoms with van der Waals surface area (Å²) in [6, 6.07) is 6.55. The minimum absolute atomic E-state index is 0.448. The summed E-state index contributed by atoms with van der Waals surface area (Å²) in [5, 5.41) is 11.2. The Hall–Kier alpha value is -2.63. The molecule has 2 heterocycles. The number of aliphatic imine (C=N–C) groups is 1. The Kier molecular flexibility index (Phi) is 5.48. The second-order valence-electron chi connectivity index (χ2n) is 6.34. The Labute approximate surface area is 149 Å². The molecule has 0 amide bonds. The average molecular weight is 338 g/mol. The second-order valence-corrected chi connectivity index (χ2v) is 6.34. The molecule has 0 saturated carbocycles. The van der Waals surface area contributed by atoms with Gasteiger partial charge in [-0.05, 0) is 51.3 Å². The summed E-state index contributed by atoms with van der Waals surface area (Å²) in [4.78, 5) is 9.21. The molecule has 25 heavy (non-hydrogen) atoms. The van der Waals surface area contributed by atoms with Gasteiger partial charge >= 0.3 is 0 Å². The van der Waals surface area contributed by atoms with Gasteiger partial charge in [0.1, 0.15) is 0 Å². The van der Waals surface area contributed by atoms with E-state index >= 15 is 0 Å². The van der Waals surface area contributed by atoms with Gasteiger partial charge in [-0.25, -0.2) is 14.7 Å². The molecule has 1 aliphatic carbocycles. The van der Waals surface area contributed by atoms with Crippen molar-refractivity contribution in [3.05, 3.63) is 53.5 Å². The van der Waals surface area contributed by atoms with E-state index < -0.39 is 0 Å². The van der Waals surface area contributed by atoms with Crippen molar-refractivity contribution in [2.24, 2.45) is 4.99 Å². The van der Waals surface area contributed by atoms with Crippen molar-refractivity contribution in [1.29, 1.82) is 0 Å². The number of rotatable bonds is 5. The van der Waals surface area contributed by atoms with E-state index in [9.17, 15) is 0 Å². The van der Waals surface area contributed by atoms with Gasteiger partial charge in [-0.3, -0.25) is 0 Å². The molecule has 0 unspecified atom stereocenters. The number of nitrogens with one attached hydrogen (secondary N) is 2. The molecule has 2 aromatic rings. The predicted octanol–water partition coefficient (Wildman–Crippen LogP) is 2.66. The van der Waals surface area contributed by atoms with Crippen LogP contribution in [-0.2, 0) is 6.54 Å². The van der Waals surface area contributed by atoms with E-state index in [0.717, 1.165) is 48.1 Å². The molecule has 0 radical (unpaired) electrons. The quantitative estimate of drug-likeness (QED) is 0.500. The highest BCUT2D eigenvalue weighted by Crippen LogP contribution is 2.11. The fourth-order valence-electron chi connectivity index (χ4n) is 2.92. The number of hydrogen-bond acceptors (Lipinski definition) is 3. The zero-order valence-electron chi connectivity index (χ0n) is 15.2. The van der Waals surface area contributed by atoms with Gasteiger partial charge in [-0.2, -0.15) is 5.10 Å². The third-order valence-corrected chi connectivity index (χ3v) is 4.15. The third kappa shape index (κ3) is 4.47. The molecule has 0 bridgehead atoms. The van der Waals surface area contributed by atoms with Crippen LogP contribution in [0.25, 0.3) is 5.82 Å². The Bertz CT molecular complexity index is 749. The van der Waals surface area contributed by atoms with Crippen molar-refractivity contribution in [3.63, 3.8) is 0 Å². The van der Waals surface area contributed by atoms with Crippen LogP contribution in [-0.4, -0.2) is 33.3 Å². The number of pyridine rings is 1. The van der Waals surface area contributed by atoms with Gasteiger partial charge in [0, 0.05) is 24.5 Å². The summed E-state index contributed by atoms with van der Waals surface area (Å²) in [7, 11) is 0. The van der Waals surface area contributed by atoms with Crippen LogP contribution in [0.15, 0.2) is 41.5 Å². The molecule has 2 N–H and O–H groups in total. The molecule has 1 aliphatic rings. The van der Waals surface area contributed by atoms with Gasteiger partial charge in [0.15, 0.2) is 11.8 Å². The van der Waals surface area contributed by atoms with E-state index in [2.05, 4.69) is 50.9 Å². The van der Waals surface area contributed by atoms with Gasteiger partial charge < -0.3 is 10.6 Å². The summed E-state index contributed by atoms with van der Waals surface area (Å²) >= 11 is 0. The van der Waals surface area contributed by atoms with Crippen molar-refractivity contribution in [2.45, 2.75) is 46.2 Å². The molecule has 132 valence electrons. The first-order valence-corrected chi connectivity index (χ1v) is 8.84. The van der Waals surface area contributed by atoms with Crippen LogP contribution in [0.3, 0.4) is 0 Å². The summed E-state index contributed by atoms with van der Waals surface area (Å²) in [6.07, 6.45) is 8.41. The lowest BCUT2D eigenvalue weighted by Gasteiger charge is -2.16. The summed E-state index contributed by atoms with van der Waals surface area (Å²) in [5.74, 6) is 1.69. The Morgan fingerprint density at radius 2 is 2.08 bits per heavy atom. The van der Waals surface area contributed by atoms with Gasteiger partial charge in [0.2, 0.25) is 0 Å². The molecule has 0 aliphatic heterocycles. The summed E-state index contributed by atoms with van der Waals surface area (Å²) in [5.41, 5.74) is 3.15. The smallest absolute Gasteiger partial charge is 0.191 e. The van der Waals surface area contributed by atoms with Crippen molar-refractivity contribution in [1.82, 2.24) is 25.4 Å². The van der Waals surface area contributed by atoms with E-state index in [1.807, 2.05) is 36.9 Å². The standard InChI is InChI=1S/C19H26N6/c1-4-20-19(23-17-7-5-6-8-17)22-13-16-9-10-18(21-12-16)25-15(3)11-14(2)24-25/h5-6,9-12,17H,4,7-8,13H2,1-3H3,(H2,20,22,23). The average Bonchev–Trinajstić information content (AvgIpc) is 3.22. The number of guanidine groups is 1. The molecule has 0 atom stereocenters. The maximum atomic E-state index is 4.68. The van der Waals surface area contributed by atoms with Crippen LogP contribution in [0, 0.1) is 13.8 Å². The topological polar surface area (TPSA) is 67.1 Å². The van der Waals surface area contributed by atoms with Crippen LogP contribution < -0.4 is 10.6 Å². The highest BCUT2D eigenvalue weighted by molar-refractivity contribution is 5.80. The molecular formula is C19H26N6. The largest absolute Gasteiger partial charge is 0.357 e. The highest BCUT2D eigenvalue weighted by Gasteiger charge is 2.11. The van der Waals surface area contributed by atoms with Crippen molar-refractivity contribution in [2.75, 3.05) is 6.54 Å². The molecule has 0 saturated heterocycles. The molecular weight excluding hydrogens is 312 g/mol. The SMILES string of the molecule is CCNC(=NCc1ccc(-n2nc(C)cc2C)nc1)NC1CC=CC1. The van der Waals surface area contributed by atoms with Crippen LogP contribution in [0.5, 0.6) is 0 Å². The zero-order chi connectivity index (χ0) is 17.6. The second kappa shape index (κ2) is 7.96. The van der Waals surface area contributed by atoms with Crippen LogP contribution in [0.4, 0.5) is 0 Å². The monoisotopic (exact) mass is 338 g/mol. The Morgan fingerprint density at radius 3 is 2.68 bits per heavy atom. The summed E-state index contributed by atoms with van der Waals surface area (Å²) in [6.45, 7) is 7.55. The van der Waals surface area contributed by atoms with E-state index in [4.69, 9.17) is 0 Å². The predicted molar refractivity (Wildman–Crippen MR) is 101 cm³/mol. The highest BCUT2D eigenvalue weighted by atomic mass is 15.3. The lowest BCUT2D eigenvalue weighted by Crippen LogP contribution is -2.42. The molecule has 0 spiro atoms. The maximum Gasteiger partial charge on any atom is 0.191 e. The summed E-state index contributed by atoms with van der Waals surface area (Å²) < 4.78 is 1.86. The zero-order valence-corrected chi connectivity index (χ0v) is 15.2. The number of aromatic nitrogens is 3. The van der Waals surface area contributed by atoms with Crippen molar-refractivity contribution in [3.8, 4) is 5.82 Å². The first kappa shape index (κ1) is 17.2. The Balaban J connectivity index is 1.65. The van der Waals surface area contributed by atoms with Gasteiger partial charge in [0.25, 0.3) is 0 Å². The molecule has 0 aromatic carbocycles. The van der Waals surface area contributed by atoms with Crippen LogP contribution in [0.1, 0.15) is 36.7 Å². The molecule has 2 aromatic heterocycles. The van der Waals surface area contributed by atoms with Crippen molar-refractivity contribution >= 4 is 5.96 Å². The minimum Gasteiger partial charge on any atom is -0.357 e. The van der Waals surface area contributed by atoms with E-state index in [-0.39, 0.29) is 0 Å². The normalized spacial score (nSPS) is 14.9. The fourth-order valence-corrected chi connectivity index (χ4v) is 2.92.